The Labute approximate surface area is 99.8 Å². The van der Waals surface area contributed by atoms with Gasteiger partial charge in [-0.1, -0.05) is 6.92 Å². The third-order valence-electron chi connectivity index (χ3n) is 3.42. The van der Waals surface area contributed by atoms with Gasteiger partial charge in [0, 0.05) is 17.7 Å². The number of carbonyl (C=O) groups excluding carboxylic acids is 1. The van der Waals surface area contributed by atoms with Crippen LogP contribution in [-0.2, 0) is 16.1 Å². The molecule has 1 aliphatic carbocycles. The number of aromatic nitrogens is 2. The third-order valence-corrected chi connectivity index (χ3v) is 3.42. The van der Waals surface area contributed by atoms with Crippen LogP contribution in [0.5, 0.6) is 0 Å². The van der Waals surface area contributed by atoms with Crippen molar-refractivity contribution in [2.75, 3.05) is 6.61 Å². The molecule has 0 bridgehead atoms. The average molecular weight is 238 g/mol. The molecule has 0 spiro atoms. The van der Waals surface area contributed by atoms with Crippen LogP contribution in [0.15, 0.2) is 10.9 Å². The number of rotatable bonds is 4. The third kappa shape index (κ3) is 2.43. The molecule has 0 aliphatic heterocycles. The van der Waals surface area contributed by atoms with E-state index in [1.807, 2.05) is 0 Å². The maximum atomic E-state index is 11.7. The molecule has 1 aromatic rings. The minimum Gasteiger partial charge on any atom is -0.465 e. The molecule has 5 heteroatoms. The molecule has 1 saturated carbocycles. The van der Waals surface area contributed by atoms with Crippen molar-refractivity contribution in [2.45, 2.75) is 39.2 Å². The summed E-state index contributed by atoms with van der Waals surface area (Å²) >= 11 is 0. The van der Waals surface area contributed by atoms with Crippen LogP contribution in [0.3, 0.4) is 0 Å². The fourth-order valence-electron chi connectivity index (χ4n) is 2.23. The van der Waals surface area contributed by atoms with Crippen LogP contribution < -0.4 is 5.56 Å². The molecule has 17 heavy (non-hydrogen) atoms. The van der Waals surface area contributed by atoms with Gasteiger partial charge in [-0.2, -0.15) is 0 Å². The summed E-state index contributed by atoms with van der Waals surface area (Å²) < 4.78 is 6.13. The second kappa shape index (κ2) is 4.77. The Bertz CT molecular complexity index is 461. The standard InChI is InChI=1S/C12H18N2O3/c1-3-17-12(16)7-14-11(15)6-10(13-14)9-5-4-8(9)2/h6,8-9,13H,3-5,7H2,1-2H3/t8-,9-/m1/s1. The van der Waals surface area contributed by atoms with E-state index in [1.54, 1.807) is 13.0 Å². The summed E-state index contributed by atoms with van der Waals surface area (Å²) in [5, 5.41) is 3.01. The highest BCUT2D eigenvalue weighted by molar-refractivity contribution is 5.68. The second-order valence-electron chi connectivity index (χ2n) is 4.60. The molecule has 0 amide bonds. The lowest BCUT2D eigenvalue weighted by Crippen LogP contribution is -2.23. The van der Waals surface area contributed by atoms with Gasteiger partial charge >= 0.3 is 5.97 Å². The average Bonchev–Trinajstić information content (AvgIpc) is 2.58. The zero-order valence-corrected chi connectivity index (χ0v) is 10.2. The summed E-state index contributed by atoms with van der Waals surface area (Å²) in [5.74, 6) is 0.667. The van der Waals surface area contributed by atoms with Crippen LogP contribution in [0.1, 0.15) is 38.3 Å². The van der Waals surface area contributed by atoms with Gasteiger partial charge in [-0.15, -0.1) is 0 Å². The van der Waals surface area contributed by atoms with E-state index < -0.39 is 0 Å². The summed E-state index contributed by atoms with van der Waals surface area (Å²) in [6, 6.07) is 1.60. The van der Waals surface area contributed by atoms with E-state index in [4.69, 9.17) is 4.74 Å². The Hall–Kier alpha value is -1.52. The number of hydrogen-bond donors (Lipinski definition) is 1. The molecule has 5 nitrogen and oxygen atoms in total. The largest absolute Gasteiger partial charge is 0.465 e. The summed E-state index contributed by atoms with van der Waals surface area (Å²) in [7, 11) is 0. The Morgan fingerprint density at radius 3 is 2.88 bits per heavy atom. The Balaban J connectivity index is 2.08. The molecule has 1 fully saturated rings. The number of H-pyrrole nitrogens is 1. The van der Waals surface area contributed by atoms with Crippen molar-refractivity contribution in [1.29, 1.82) is 0 Å². The molecule has 94 valence electrons. The maximum absolute atomic E-state index is 11.7. The number of carbonyl (C=O) groups is 1. The molecular weight excluding hydrogens is 220 g/mol. The monoisotopic (exact) mass is 238 g/mol. The predicted octanol–water partition coefficient (Wildman–Crippen LogP) is 1.25. The topological polar surface area (TPSA) is 64.1 Å². The Morgan fingerprint density at radius 1 is 1.59 bits per heavy atom. The van der Waals surface area contributed by atoms with Crippen LogP contribution in [0, 0.1) is 5.92 Å². The summed E-state index contributed by atoms with van der Waals surface area (Å²) in [4.78, 5) is 22.9. The Morgan fingerprint density at radius 2 is 2.35 bits per heavy atom. The fraction of sp³-hybridized carbons (Fsp3) is 0.667. The molecule has 0 unspecified atom stereocenters. The molecule has 0 aromatic carbocycles. The van der Waals surface area contributed by atoms with E-state index in [0.29, 0.717) is 18.4 Å². The van der Waals surface area contributed by atoms with Crippen molar-refractivity contribution in [3.05, 3.63) is 22.1 Å². The first-order chi connectivity index (χ1) is 8.11. The zero-order valence-electron chi connectivity index (χ0n) is 10.2. The molecule has 0 radical (unpaired) electrons. The molecule has 2 atom stereocenters. The number of nitrogens with one attached hydrogen (secondary N) is 1. The highest BCUT2D eigenvalue weighted by Gasteiger charge is 2.30. The van der Waals surface area contributed by atoms with Crippen molar-refractivity contribution < 1.29 is 9.53 Å². The second-order valence-corrected chi connectivity index (χ2v) is 4.60. The van der Waals surface area contributed by atoms with Gasteiger partial charge in [0.2, 0.25) is 0 Å². The number of aromatic amines is 1. The lowest BCUT2D eigenvalue weighted by atomic mass is 9.73. The van der Waals surface area contributed by atoms with E-state index in [0.717, 1.165) is 12.1 Å². The first-order valence-electron chi connectivity index (χ1n) is 6.07. The summed E-state index contributed by atoms with van der Waals surface area (Å²) in [6.45, 7) is 4.22. The van der Waals surface area contributed by atoms with Crippen molar-refractivity contribution in [3.63, 3.8) is 0 Å². The lowest BCUT2D eigenvalue weighted by Gasteiger charge is -2.32. The molecule has 1 heterocycles. The van der Waals surface area contributed by atoms with Crippen LogP contribution in [0.25, 0.3) is 0 Å². The highest BCUT2D eigenvalue weighted by atomic mass is 16.5. The summed E-state index contributed by atoms with van der Waals surface area (Å²) in [6.07, 6.45) is 2.32. The van der Waals surface area contributed by atoms with Crippen molar-refractivity contribution in [2.24, 2.45) is 5.92 Å². The number of ether oxygens (including phenoxy) is 1. The molecule has 0 saturated heterocycles. The van der Waals surface area contributed by atoms with E-state index in [1.165, 1.54) is 11.1 Å². The zero-order chi connectivity index (χ0) is 12.4. The van der Waals surface area contributed by atoms with Crippen LogP contribution in [0.4, 0.5) is 0 Å². The van der Waals surface area contributed by atoms with Gasteiger partial charge in [-0.05, 0) is 25.7 Å². The highest BCUT2D eigenvalue weighted by Crippen LogP contribution is 2.40. The van der Waals surface area contributed by atoms with Gasteiger partial charge in [-0.25, -0.2) is 4.68 Å². The maximum Gasteiger partial charge on any atom is 0.327 e. The Kier molecular flexibility index (Phi) is 3.36. The van der Waals surface area contributed by atoms with Gasteiger partial charge < -0.3 is 4.74 Å². The number of esters is 1. The van der Waals surface area contributed by atoms with E-state index in [-0.39, 0.29) is 18.1 Å². The van der Waals surface area contributed by atoms with Crippen LogP contribution >= 0.6 is 0 Å². The van der Waals surface area contributed by atoms with Crippen LogP contribution in [0.2, 0.25) is 0 Å². The van der Waals surface area contributed by atoms with Gasteiger partial charge in [0.25, 0.3) is 5.56 Å². The van der Waals surface area contributed by atoms with Crippen molar-refractivity contribution in [1.82, 2.24) is 9.78 Å². The van der Waals surface area contributed by atoms with Gasteiger partial charge in [-0.3, -0.25) is 14.7 Å². The van der Waals surface area contributed by atoms with E-state index in [2.05, 4.69) is 12.0 Å². The van der Waals surface area contributed by atoms with E-state index in [9.17, 15) is 9.59 Å². The fourth-order valence-corrected chi connectivity index (χ4v) is 2.23. The smallest absolute Gasteiger partial charge is 0.327 e. The van der Waals surface area contributed by atoms with Crippen molar-refractivity contribution in [3.8, 4) is 0 Å². The summed E-state index contributed by atoms with van der Waals surface area (Å²) in [5.41, 5.74) is 0.783. The van der Waals surface area contributed by atoms with E-state index >= 15 is 0 Å². The molecule has 2 rings (SSSR count). The van der Waals surface area contributed by atoms with Gasteiger partial charge in [0.15, 0.2) is 0 Å². The molecule has 1 aromatic heterocycles. The molecule has 1 aliphatic rings. The first-order valence-corrected chi connectivity index (χ1v) is 6.07. The van der Waals surface area contributed by atoms with Gasteiger partial charge in [0.05, 0.1) is 6.61 Å². The molecular formula is C12H18N2O3. The first kappa shape index (κ1) is 12.0. The SMILES string of the molecule is CCOC(=O)Cn1[nH]c([C@@H]2CC[C@H]2C)cc1=O. The quantitative estimate of drug-likeness (QED) is 0.803. The minimum atomic E-state index is -0.385. The lowest BCUT2D eigenvalue weighted by molar-refractivity contribution is -0.144. The van der Waals surface area contributed by atoms with Crippen LogP contribution in [-0.4, -0.2) is 22.4 Å². The predicted molar refractivity (Wildman–Crippen MR) is 62.8 cm³/mol. The number of nitrogens with zero attached hydrogens (tertiary/aromatic N) is 1. The normalized spacial score (nSPS) is 23.2. The minimum absolute atomic E-state index is 0.0340. The van der Waals surface area contributed by atoms with Gasteiger partial charge in [0.1, 0.15) is 6.54 Å². The van der Waals surface area contributed by atoms with Crippen molar-refractivity contribution >= 4 is 5.97 Å². The molecule has 1 N–H and O–H groups in total. The number of hydrogen-bond acceptors (Lipinski definition) is 3.